The molecular formula is C24H27N5O5S. The van der Waals surface area contributed by atoms with Crippen molar-refractivity contribution < 1.29 is 23.5 Å². The van der Waals surface area contributed by atoms with Crippen LogP contribution in [0.15, 0.2) is 41.2 Å². The maximum atomic E-state index is 12.9. The van der Waals surface area contributed by atoms with Crippen LogP contribution in [-0.2, 0) is 19.2 Å². The van der Waals surface area contributed by atoms with Crippen LogP contribution in [0, 0.1) is 6.92 Å². The van der Waals surface area contributed by atoms with Gasteiger partial charge in [-0.1, -0.05) is 0 Å². The molecule has 11 heteroatoms. The van der Waals surface area contributed by atoms with Crippen molar-refractivity contribution in [3.63, 3.8) is 0 Å². The molecule has 3 saturated heterocycles. The molecule has 10 nitrogen and oxygen atoms in total. The number of ether oxygens (including phenoxy) is 3. The Morgan fingerprint density at radius 1 is 1.14 bits per heavy atom. The molecule has 2 aromatic heterocycles. The number of aliphatic hydroxyl groups excluding tert-OH is 1. The number of pyridine rings is 1. The summed E-state index contributed by atoms with van der Waals surface area (Å²) in [5.41, 5.74) is 2.97. The monoisotopic (exact) mass is 497 g/mol. The van der Waals surface area contributed by atoms with E-state index in [1.54, 1.807) is 6.20 Å². The van der Waals surface area contributed by atoms with Crippen molar-refractivity contribution >= 4 is 37.8 Å². The van der Waals surface area contributed by atoms with Crippen LogP contribution in [0.5, 0.6) is 5.88 Å². The van der Waals surface area contributed by atoms with Gasteiger partial charge in [-0.25, -0.2) is 19.2 Å². The van der Waals surface area contributed by atoms with Gasteiger partial charge in [0.15, 0.2) is 6.10 Å². The fourth-order valence-corrected chi connectivity index (χ4v) is 7.14. The summed E-state index contributed by atoms with van der Waals surface area (Å²) in [7, 11) is -2.17. The van der Waals surface area contributed by atoms with Gasteiger partial charge < -0.3 is 24.6 Å². The standard InChI is InChI=1S/C24H27N5O5S/c1-14-9-15(29-35(31)7-2-3-8-35)10-17-20(14)23(27-13-26-17)28-16-5-4-6-25-24(16)34-19-12-33-21-18(30)11-32-22(19)21/h4-6,9-10,13,18-19,21-22,30H,2-3,7-8,11-12H2,1H3,(H,26,27,28)/t18-,19-,21-,22-/m1/s1. The van der Waals surface area contributed by atoms with Gasteiger partial charge in [0.05, 0.1) is 34.1 Å². The van der Waals surface area contributed by atoms with Crippen LogP contribution < -0.4 is 10.1 Å². The maximum absolute atomic E-state index is 12.9. The molecule has 5 heterocycles. The first-order valence-electron chi connectivity index (χ1n) is 11.8. The molecule has 0 bridgehead atoms. The lowest BCUT2D eigenvalue weighted by atomic mass is 10.1. The van der Waals surface area contributed by atoms with Gasteiger partial charge in [-0.3, -0.25) is 0 Å². The molecule has 3 aliphatic rings. The third kappa shape index (κ3) is 4.33. The normalized spacial score (nSPS) is 27.1. The quantitative estimate of drug-likeness (QED) is 0.547. The van der Waals surface area contributed by atoms with Crippen LogP contribution in [-0.4, -0.2) is 73.4 Å². The highest BCUT2D eigenvalue weighted by Crippen LogP contribution is 2.35. The molecule has 0 spiro atoms. The summed E-state index contributed by atoms with van der Waals surface area (Å²) < 4.78 is 35.0. The summed E-state index contributed by atoms with van der Waals surface area (Å²) in [4.78, 5) is 13.3. The second-order valence-electron chi connectivity index (χ2n) is 9.16. The third-order valence-electron chi connectivity index (χ3n) is 6.64. The van der Waals surface area contributed by atoms with Crippen LogP contribution >= 0.6 is 0 Å². The number of nitrogens with zero attached hydrogens (tertiary/aromatic N) is 4. The zero-order chi connectivity index (χ0) is 24.0. The van der Waals surface area contributed by atoms with E-state index < -0.39 is 15.8 Å². The Bertz CT molecular complexity index is 1380. The van der Waals surface area contributed by atoms with Gasteiger partial charge in [-0.2, -0.15) is 4.36 Å². The summed E-state index contributed by atoms with van der Waals surface area (Å²) in [6.45, 7) is 2.52. The van der Waals surface area contributed by atoms with Crippen LogP contribution in [0.2, 0.25) is 0 Å². The smallest absolute Gasteiger partial charge is 0.238 e. The van der Waals surface area contributed by atoms with E-state index in [1.165, 1.54) is 6.33 Å². The van der Waals surface area contributed by atoms with E-state index in [0.29, 0.717) is 46.7 Å². The van der Waals surface area contributed by atoms with Gasteiger partial charge in [-0.15, -0.1) is 0 Å². The number of nitrogens with one attached hydrogen (secondary N) is 1. The van der Waals surface area contributed by atoms with E-state index in [2.05, 4.69) is 24.6 Å². The van der Waals surface area contributed by atoms with Gasteiger partial charge in [-0.05, 0) is 49.6 Å². The zero-order valence-electron chi connectivity index (χ0n) is 19.3. The van der Waals surface area contributed by atoms with Crippen molar-refractivity contribution in [2.24, 2.45) is 4.36 Å². The van der Waals surface area contributed by atoms with Gasteiger partial charge >= 0.3 is 0 Å². The predicted octanol–water partition coefficient (Wildman–Crippen LogP) is 2.88. The van der Waals surface area contributed by atoms with Crippen molar-refractivity contribution in [1.29, 1.82) is 0 Å². The topological polar surface area (TPSA) is 128 Å². The third-order valence-corrected chi connectivity index (χ3v) is 9.03. The highest BCUT2D eigenvalue weighted by molar-refractivity contribution is 7.93. The Kier molecular flexibility index (Phi) is 5.79. The SMILES string of the molecule is Cc1cc(N=S2(=O)CCCC2)cc2ncnc(Nc3cccnc3O[C@@H]3CO[C@H]4[C@@H]3OC[C@H]4O)c12. The number of hydrogen-bond donors (Lipinski definition) is 2. The highest BCUT2D eigenvalue weighted by atomic mass is 32.2. The largest absolute Gasteiger partial charge is 0.468 e. The molecular weight excluding hydrogens is 470 g/mol. The first kappa shape index (κ1) is 22.6. The first-order valence-corrected chi connectivity index (χ1v) is 13.6. The summed E-state index contributed by atoms with van der Waals surface area (Å²) in [6, 6.07) is 7.46. The fraction of sp³-hybridized carbons (Fsp3) is 0.458. The number of aliphatic hydroxyl groups is 1. The number of aromatic nitrogens is 3. The lowest BCUT2D eigenvalue weighted by Crippen LogP contribution is -2.34. The van der Waals surface area contributed by atoms with Crippen LogP contribution in [0.25, 0.3) is 10.9 Å². The molecule has 0 radical (unpaired) electrons. The minimum absolute atomic E-state index is 0.234. The van der Waals surface area contributed by atoms with Crippen molar-refractivity contribution in [2.75, 3.05) is 30.0 Å². The molecule has 3 fully saturated rings. The van der Waals surface area contributed by atoms with E-state index >= 15 is 0 Å². The second kappa shape index (κ2) is 8.98. The van der Waals surface area contributed by atoms with Crippen LogP contribution in [0.1, 0.15) is 18.4 Å². The molecule has 35 heavy (non-hydrogen) atoms. The molecule has 184 valence electrons. The van der Waals surface area contributed by atoms with Gasteiger partial charge in [0, 0.05) is 23.1 Å². The molecule has 0 unspecified atom stereocenters. The fourth-order valence-electron chi connectivity index (χ4n) is 4.96. The van der Waals surface area contributed by atoms with E-state index in [4.69, 9.17) is 14.2 Å². The number of anilines is 2. The van der Waals surface area contributed by atoms with E-state index in [9.17, 15) is 9.32 Å². The van der Waals surface area contributed by atoms with E-state index in [0.717, 1.165) is 23.8 Å². The maximum Gasteiger partial charge on any atom is 0.238 e. The average Bonchev–Trinajstić information content (AvgIpc) is 3.54. The molecule has 2 N–H and O–H groups in total. The second-order valence-corrected chi connectivity index (χ2v) is 11.7. The number of rotatable bonds is 5. The van der Waals surface area contributed by atoms with Gasteiger partial charge in [0.2, 0.25) is 5.88 Å². The Labute approximate surface area is 203 Å². The number of aryl methyl sites for hydroxylation is 1. The predicted molar refractivity (Wildman–Crippen MR) is 131 cm³/mol. The summed E-state index contributed by atoms with van der Waals surface area (Å²) in [6.07, 6.45) is 3.32. The molecule has 3 aromatic rings. The van der Waals surface area contributed by atoms with Crippen LogP contribution in [0.3, 0.4) is 0 Å². The molecule has 6 rings (SSSR count). The number of fused-ring (bicyclic) bond motifs is 2. The summed E-state index contributed by atoms with van der Waals surface area (Å²) >= 11 is 0. The number of hydrogen-bond acceptors (Lipinski definition) is 10. The minimum atomic E-state index is -2.17. The average molecular weight is 498 g/mol. The van der Waals surface area contributed by atoms with Gasteiger partial charge in [0.25, 0.3) is 0 Å². The first-order chi connectivity index (χ1) is 17.0. The highest BCUT2D eigenvalue weighted by Gasteiger charge is 2.48. The van der Waals surface area contributed by atoms with E-state index in [-0.39, 0.29) is 24.9 Å². The Hall–Kier alpha value is -2.86. The zero-order valence-corrected chi connectivity index (χ0v) is 20.1. The van der Waals surface area contributed by atoms with Crippen molar-refractivity contribution in [3.8, 4) is 5.88 Å². The summed E-state index contributed by atoms with van der Waals surface area (Å²) in [5.74, 6) is 2.31. The molecule has 0 saturated carbocycles. The molecule has 4 atom stereocenters. The van der Waals surface area contributed by atoms with Crippen molar-refractivity contribution in [3.05, 3.63) is 42.4 Å². The Balaban J connectivity index is 1.30. The summed E-state index contributed by atoms with van der Waals surface area (Å²) in [5, 5.41) is 14.2. The lowest BCUT2D eigenvalue weighted by molar-refractivity contribution is 0.00795. The molecule has 3 aliphatic heterocycles. The molecule has 1 aromatic carbocycles. The Morgan fingerprint density at radius 3 is 2.83 bits per heavy atom. The Morgan fingerprint density at radius 2 is 1.97 bits per heavy atom. The minimum Gasteiger partial charge on any atom is -0.468 e. The lowest BCUT2D eigenvalue weighted by Gasteiger charge is -2.19. The molecule has 0 amide bonds. The van der Waals surface area contributed by atoms with E-state index in [1.807, 2.05) is 31.2 Å². The van der Waals surface area contributed by atoms with Crippen LogP contribution in [0.4, 0.5) is 17.2 Å². The van der Waals surface area contributed by atoms with Crippen molar-refractivity contribution in [1.82, 2.24) is 15.0 Å². The van der Waals surface area contributed by atoms with Crippen molar-refractivity contribution in [2.45, 2.75) is 44.2 Å². The number of benzene rings is 1. The molecule has 0 aliphatic carbocycles. The van der Waals surface area contributed by atoms with Gasteiger partial charge in [0.1, 0.15) is 36.1 Å².